The first-order valence-corrected chi connectivity index (χ1v) is 9.51. The van der Waals surface area contributed by atoms with Crippen molar-refractivity contribution in [1.82, 2.24) is 20.0 Å². The number of esters is 1. The molecule has 0 saturated carbocycles. The van der Waals surface area contributed by atoms with E-state index in [0.717, 1.165) is 14.7 Å². The summed E-state index contributed by atoms with van der Waals surface area (Å²) < 4.78 is 8.68. The standard InChI is InChI=1S/C18H13BrN4O2S/c1-2-25-18(24)17-16(15-14(26-17)4-3-9-20-15)23-10-13(21-22-23)11-5-7-12(19)8-6-11/h3-10H,2H2,1H3. The lowest BCUT2D eigenvalue weighted by molar-refractivity contribution is 0.0532. The molecule has 0 aliphatic rings. The van der Waals surface area contributed by atoms with Gasteiger partial charge in [-0.15, -0.1) is 16.4 Å². The van der Waals surface area contributed by atoms with Gasteiger partial charge in [0.25, 0.3) is 0 Å². The van der Waals surface area contributed by atoms with Crippen LogP contribution in [0, 0.1) is 0 Å². The van der Waals surface area contributed by atoms with Gasteiger partial charge in [-0.1, -0.05) is 33.3 Å². The Morgan fingerprint density at radius 3 is 2.85 bits per heavy atom. The second-order valence-electron chi connectivity index (χ2n) is 5.41. The van der Waals surface area contributed by atoms with E-state index >= 15 is 0 Å². The van der Waals surface area contributed by atoms with Crippen LogP contribution in [0.5, 0.6) is 0 Å². The van der Waals surface area contributed by atoms with Crippen LogP contribution in [0.25, 0.3) is 27.2 Å². The SMILES string of the molecule is CCOC(=O)c1sc2cccnc2c1-n1cc(-c2ccc(Br)cc2)nn1. The number of carbonyl (C=O) groups is 1. The van der Waals surface area contributed by atoms with Crippen molar-refractivity contribution in [3.63, 3.8) is 0 Å². The Morgan fingerprint density at radius 1 is 1.27 bits per heavy atom. The molecule has 1 aromatic carbocycles. The molecule has 4 rings (SSSR count). The van der Waals surface area contributed by atoms with Crippen LogP contribution in [-0.4, -0.2) is 32.6 Å². The zero-order valence-corrected chi connectivity index (χ0v) is 16.1. The van der Waals surface area contributed by atoms with Crippen LogP contribution in [0.1, 0.15) is 16.6 Å². The second-order valence-corrected chi connectivity index (χ2v) is 7.37. The van der Waals surface area contributed by atoms with E-state index in [1.807, 2.05) is 36.4 Å². The fraction of sp³-hybridized carbons (Fsp3) is 0.111. The predicted molar refractivity (Wildman–Crippen MR) is 104 cm³/mol. The van der Waals surface area contributed by atoms with E-state index in [0.29, 0.717) is 28.4 Å². The number of fused-ring (bicyclic) bond motifs is 1. The maximum absolute atomic E-state index is 12.4. The zero-order chi connectivity index (χ0) is 18.1. The van der Waals surface area contributed by atoms with Crippen LogP contribution in [0.2, 0.25) is 0 Å². The number of aromatic nitrogens is 4. The molecule has 0 aliphatic heterocycles. The second kappa shape index (κ2) is 6.97. The highest BCUT2D eigenvalue weighted by molar-refractivity contribution is 9.10. The molecule has 0 atom stereocenters. The van der Waals surface area contributed by atoms with Crippen molar-refractivity contribution in [3.05, 3.63) is 58.1 Å². The summed E-state index contributed by atoms with van der Waals surface area (Å²) in [5.74, 6) is -0.383. The number of hydrogen-bond acceptors (Lipinski definition) is 6. The Hall–Kier alpha value is -2.58. The summed E-state index contributed by atoms with van der Waals surface area (Å²) in [4.78, 5) is 17.3. The van der Waals surface area contributed by atoms with E-state index in [1.165, 1.54) is 11.3 Å². The van der Waals surface area contributed by atoms with Gasteiger partial charge in [0.15, 0.2) is 0 Å². The molecule has 26 heavy (non-hydrogen) atoms. The van der Waals surface area contributed by atoms with Gasteiger partial charge in [-0.25, -0.2) is 9.48 Å². The third-order valence-corrected chi connectivity index (χ3v) is 5.39. The summed E-state index contributed by atoms with van der Waals surface area (Å²) in [5.41, 5.74) is 2.94. The number of nitrogens with zero attached hydrogens (tertiary/aromatic N) is 4. The van der Waals surface area contributed by atoms with E-state index in [2.05, 4.69) is 31.2 Å². The number of thiophene rings is 1. The van der Waals surface area contributed by atoms with E-state index in [4.69, 9.17) is 4.74 Å². The van der Waals surface area contributed by atoms with Crippen molar-refractivity contribution in [3.8, 4) is 16.9 Å². The van der Waals surface area contributed by atoms with Gasteiger partial charge in [0.05, 0.1) is 17.5 Å². The van der Waals surface area contributed by atoms with Crippen molar-refractivity contribution in [2.75, 3.05) is 6.61 Å². The van der Waals surface area contributed by atoms with Gasteiger partial charge in [0, 0.05) is 16.2 Å². The molecule has 0 radical (unpaired) electrons. The van der Waals surface area contributed by atoms with Gasteiger partial charge in [0.1, 0.15) is 21.8 Å². The molecule has 3 heterocycles. The van der Waals surface area contributed by atoms with Gasteiger partial charge in [0.2, 0.25) is 0 Å². The normalized spacial score (nSPS) is 11.0. The molecule has 0 spiro atoms. The monoisotopic (exact) mass is 428 g/mol. The molecule has 8 heteroatoms. The summed E-state index contributed by atoms with van der Waals surface area (Å²) in [6, 6.07) is 11.6. The largest absolute Gasteiger partial charge is 0.462 e. The van der Waals surface area contributed by atoms with Gasteiger partial charge in [-0.2, -0.15) is 0 Å². The minimum absolute atomic E-state index is 0.307. The number of rotatable bonds is 4. The minimum Gasteiger partial charge on any atom is -0.462 e. The average Bonchev–Trinajstić information content (AvgIpc) is 3.27. The highest BCUT2D eigenvalue weighted by Crippen LogP contribution is 2.33. The Kier molecular flexibility index (Phi) is 4.52. The maximum atomic E-state index is 12.4. The molecular formula is C18H13BrN4O2S. The molecule has 0 unspecified atom stereocenters. The van der Waals surface area contributed by atoms with Crippen molar-refractivity contribution >= 4 is 43.5 Å². The van der Waals surface area contributed by atoms with Crippen molar-refractivity contribution in [2.24, 2.45) is 0 Å². The summed E-state index contributed by atoms with van der Waals surface area (Å²) >= 11 is 4.76. The highest BCUT2D eigenvalue weighted by atomic mass is 79.9. The summed E-state index contributed by atoms with van der Waals surface area (Å²) in [5, 5.41) is 8.47. The van der Waals surface area contributed by atoms with Crippen LogP contribution in [0.3, 0.4) is 0 Å². The van der Waals surface area contributed by atoms with Crippen LogP contribution in [0.4, 0.5) is 0 Å². The predicted octanol–water partition coefficient (Wildman–Crippen LogP) is 4.48. The quantitative estimate of drug-likeness (QED) is 0.448. The molecule has 0 saturated heterocycles. The average molecular weight is 429 g/mol. The fourth-order valence-corrected chi connectivity index (χ4v) is 3.90. The molecule has 3 aromatic heterocycles. The van der Waals surface area contributed by atoms with Crippen LogP contribution < -0.4 is 0 Å². The molecule has 0 aliphatic carbocycles. The molecule has 0 amide bonds. The molecule has 130 valence electrons. The van der Waals surface area contributed by atoms with E-state index < -0.39 is 0 Å². The smallest absolute Gasteiger partial charge is 0.350 e. The summed E-state index contributed by atoms with van der Waals surface area (Å²) in [7, 11) is 0. The molecule has 0 N–H and O–H groups in total. The number of benzene rings is 1. The molecular weight excluding hydrogens is 416 g/mol. The van der Waals surface area contributed by atoms with Crippen molar-refractivity contribution in [2.45, 2.75) is 6.92 Å². The molecule has 4 aromatic rings. The Labute approximate surface area is 161 Å². The maximum Gasteiger partial charge on any atom is 0.350 e. The minimum atomic E-state index is -0.383. The summed E-state index contributed by atoms with van der Waals surface area (Å²) in [6.45, 7) is 2.09. The third kappa shape index (κ3) is 3.02. The first-order valence-electron chi connectivity index (χ1n) is 7.90. The topological polar surface area (TPSA) is 69.9 Å². The molecule has 0 bridgehead atoms. The zero-order valence-electron chi connectivity index (χ0n) is 13.7. The van der Waals surface area contributed by atoms with Gasteiger partial charge >= 0.3 is 5.97 Å². The van der Waals surface area contributed by atoms with Crippen molar-refractivity contribution in [1.29, 1.82) is 0 Å². The van der Waals surface area contributed by atoms with E-state index in [-0.39, 0.29) is 5.97 Å². The number of hydrogen-bond donors (Lipinski definition) is 0. The lowest BCUT2D eigenvalue weighted by Gasteiger charge is -2.03. The van der Waals surface area contributed by atoms with Gasteiger partial charge in [-0.3, -0.25) is 4.98 Å². The van der Waals surface area contributed by atoms with Crippen LogP contribution in [-0.2, 0) is 4.74 Å². The van der Waals surface area contributed by atoms with Gasteiger partial charge in [-0.05, 0) is 31.2 Å². The number of ether oxygens (including phenoxy) is 1. The Bertz CT molecular complexity index is 1090. The summed E-state index contributed by atoms with van der Waals surface area (Å²) in [6.07, 6.45) is 3.49. The highest BCUT2D eigenvalue weighted by Gasteiger charge is 2.23. The lowest BCUT2D eigenvalue weighted by Crippen LogP contribution is -2.07. The molecule has 0 fully saturated rings. The van der Waals surface area contributed by atoms with E-state index in [1.54, 1.807) is 24.0 Å². The molecule has 6 nitrogen and oxygen atoms in total. The van der Waals surface area contributed by atoms with E-state index in [9.17, 15) is 4.79 Å². The fourth-order valence-electron chi connectivity index (χ4n) is 2.59. The Morgan fingerprint density at radius 2 is 2.08 bits per heavy atom. The number of pyridine rings is 1. The lowest BCUT2D eigenvalue weighted by atomic mass is 10.2. The Balaban J connectivity index is 1.85. The third-order valence-electron chi connectivity index (χ3n) is 3.75. The van der Waals surface area contributed by atoms with Crippen LogP contribution >= 0.6 is 27.3 Å². The number of carbonyl (C=O) groups excluding carboxylic acids is 1. The first kappa shape index (κ1) is 16.9. The van der Waals surface area contributed by atoms with Crippen LogP contribution in [0.15, 0.2) is 53.3 Å². The van der Waals surface area contributed by atoms with Crippen molar-refractivity contribution < 1.29 is 9.53 Å². The van der Waals surface area contributed by atoms with Gasteiger partial charge < -0.3 is 4.74 Å². The number of halogens is 1. The first-order chi connectivity index (χ1) is 12.7.